The van der Waals surface area contributed by atoms with E-state index in [4.69, 9.17) is 10.3 Å². The van der Waals surface area contributed by atoms with Crippen molar-refractivity contribution in [2.45, 2.75) is 0 Å². The van der Waals surface area contributed by atoms with Gasteiger partial charge in [-0.3, -0.25) is 0 Å². The first-order valence-electron chi connectivity index (χ1n) is 4.52. The Balaban J connectivity index is 2.66. The predicted octanol–water partition coefficient (Wildman–Crippen LogP) is 1.92. The molecule has 0 fully saturated rings. The van der Waals surface area contributed by atoms with E-state index in [1.165, 1.54) is 13.2 Å². The van der Waals surface area contributed by atoms with Crippen molar-refractivity contribution in [2.75, 3.05) is 12.8 Å². The Kier molecular flexibility index (Phi) is 2.58. The maximum Gasteiger partial charge on any atom is 0.209 e. The third-order valence-corrected chi connectivity index (χ3v) is 2.16. The van der Waals surface area contributed by atoms with Gasteiger partial charge < -0.3 is 20.1 Å². The number of nitrogen functional groups attached to an aromatic ring is 1. The SMILES string of the molecule is COc1cc(-c2cc(N)no2)c(F)c(O)c1F. The Morgan fingerprint density at radius 2 is 2.06 bits per heavy atom. The number of nitrogens with zero attached hydrogens (tertiary/aromatic N) is 1. The molecule has 0 atom stereocenters. The molecule has 0 unspecified atom stereocenters. The lowest BCUT2D eigenvalue weighted by Gasteiger charge is -2.07. The molecule has 0 saturated carbocycles. The number of phenols is 1. The van der Waals surface area contributed by atoms with Crippen molar-refractivity contribution in [3.8, 4) is 22.8 Å². The average molecular weight is 242 g/mol. The second-order valence-corrected chi connectivity index (χ2v) is 3.22. The van der Waals surface area contributed by atoms with E-state index in [2.05, 4.69) is 9.89 Å². The highest BCUT2D eigenvalue weighted by Crippen LogP contribution is 2.36. The van der Waals surface area contributed by atoms with E-state index >= 15 is 0 Å². The van der Waals surface area contributed by atoms with Gasteiger partial charge in [-0.15, -0.1) is 0 Å². The van der Waals surface area contributed by atoms with Gasteiger partial charge in [-0.05, 0) is 6.07 Å². The van der Waals surface area contributed by atoms with Crippen LogP contribution in [0.15, 0.2) is 16.7 Å². The van der Waals surface area contributed by atoms with E-state index in [0.717, 1.165) is 6.07 Å². The zero-order chi connectivity index (χ0) is 12.6. The van der Waals surface area contributed by atoms with E-state index in [1.807, 2.05) is 0 Å². The molecule has 1 aromatic carbocycles. The summed E-state index contributed by atoms with van der Waals surface area (Å²) in [5, 5.41) is 12.6. The number of methoxy groups -OCH3 is 1. The van der Waals surface area contributed by atoms with Crippen LogP contribution in [0, 0.1) is 11.6 Å². The van der Waals surface area contributed by atoms with Crippen molar-refractivity contribution >= 4 is 5.82 Å². The summed E-state index contributed by atoms with van der Waals surface area (Å²) in [6, 6.07) is 2.29. The standard InChI is InChI=1S/C10H8F2N2O3/c1-16-6-2-4(5-3-7(13)14-17-5)8(11)10(15)9(6)12/h2-3,15H,1H3,(H2,13,14). The van der Waals surface area contributed by atoms with Crippen LogP contribution in [-0.2, 0) is 0 Å². The summed E-state index contributed by atoms with van der Waals surface area (Å²) in [6.45, 7) is 0. The molecular weight excluding hydrogens is 234 g/mol. The minimum absolute atomic E-state index is 0.0337. The Bertz CT molecular complexity index is 569. The highest BCUT2D eigenvalue weighted by Gasteiger charge is 2.21. The van der Waals surface area contributed by atoms with Crippen molar-refractivity contribution in [3.63, 3.8) is 0 Å². The molecule has 0 amide bonds. The van der Waals surface area contributed by atoms with E-state index in [1.54, 1.807) is 0 Å². The topological polar surface area (TPSA) is 81.5 Å². The van der Waals surface area contributed by atoms with Crippen molar-refractivity contribution in [2.24, 2.45) is 0 Å². The molecule has 2 aromatic rings. The normalized spacial score (nSPS) is 10.5. The number of aromatic hydroxyl groups is 1. The molecule has 7 heteroatoms. The lowest BCUT2D eigenvalue weighted by molar-refractivity contribution is 0.349. The highest BCUT2D eigenvalue weighted by molar-refractivity contribution is 5.65. The molecule has 1 aromatic heterocycles. The molecule has 3 N–H and O–H groups in total. The van der Waals surface area contributed by atoms with Crippen LogP contribution in [0.25, 0.3) is 11.3 Å². The van der Waals surface area contributed by atoms with E-state index in [0.29, 0.717) is 0 Å². The first-order valence-corrected chi connectivity index (χ1v) is 4.52. The van der Waals surface area contributed by atoms with Crippen LogP contribution in [0.1, 0.15) is 0 Å². The third kappa shape index (κ3) is 1.75. The van der Waals surface area contributed by atoms with Gasteiger partial charge in [-0.1, -0.05) is 5.16 Å². The van der Waals surface area contributed by atoms with Gasteiger partial charge in [0.25, 0.3) is 0 Å². The van der Waals surface area contributed by atoms with E-state index in [-0.39, 0.29) is 22.9 Å². The van der Waals surface area contributed by atoms with Crippen molar-refractivity contribution < 1.29 is 23.1 Å². The quantitative estimate of drug-likeness (QED) is 0.840. The molecule has 0 bridgehead atoms. The second kappa shape index (κ2) is 3.93. The van der Waals surface area contributed by atoms with Gasteiger partial charge in [0.1, 0.15) is 0 Å². The number of hydrogen-bond acceptors (Lipinski definition) is 5. The predicted molar refractivity (Wildman–Crippen MR) is 54.5 cm³/mol. The van der Waals surface area contributed by atoms with Crippen LogP contribution in [0.2, 0.25) is 0 Å². The van der Waals surface area contributed by atoms with Gasteiger partial charge >= 0.3 is 0 Å². The number of benzene rings is 1. The first kappa shape index (κ1) is 11.2. The van der Waals surface area contributed by atoms with Crippen molar-refractivity contribution in [1.82, 2.24) is 5.16 Å². The van der Waals surface area contributed by atoms with Crippen LogP contribution >= 0.6 is 0 Å². The van der Waals surface area contributed by atoms with Gasteiger partial charge in [-0.2, -0.15) is 4.39 Å². The Hall–Kier alpha value is -2.31. The molecule has 0 radical (unpaired) electrons. The van der Waals surface area contributed by atoms with Crippen LogP contribution in [-0.4, -0.2) is 17.4 Å². The molecule has 5 nitrogen and oxygen atoms in total. The fraction of sp³-hybridized carbons (Fsp3) is 0.100. The van der Waals surface area contributed by atoms with Crippen molar-refractivity contribution in [3.05, 3.63) is 23.8 Å². The van der Waals surface area contributed by atoms with Gasteiger partial charge in [0.15, 0.2) is 28.9 Å². The van der Waals surface area contributed by atoms with Gasteiger partial charge in [0.2, 0.25) is 5.82 Å². The number of ether oxygens (including phenoxy) is 1. The number of phenolic OH excluding ortho intramolecular Hbond substituents is 1. The fourth-order valence-corrected chi connectivity index (χ4v) is 1.34. The summed E-state index contributed by atoms with van der Waals surface area (Å²) >= 11 is 0. The smallest absolute Gasteiger partial charge is 0.209 e. The van der Waals surface area contributed by atoms with Gasteiger partial charge in [0.05, 0.1) is 12.7 Å². The Morgan fingerprint density at radius 3 is 2.59 bits per heavy atom. The number of halogens is 2. The third-order valence-electron chi connectivity index (χ3n) is 2.16. The molecule has 1 heterocycles. The minimum atomic E-state index is -1.18. The number of rotatable bonds is 2. The number of nitrogens with two attached hydrogens (primary N) is 1. The zero-order valence-corrected chi connectivity index (χ0v) is 8.70. The number of hydrogen-bond donors (Lipinski definition) is 2. The number of aromatic nitrogens is 1. The van der Waals surface area contributed by atoms with Gasteiger partial charge in [0, 0.05) is 6.07 Å². The lowest BCUT2D eigenvalue weighted by Crippen LogP contribution is -1.94. The Morgan fingerprint density at radius 1 is 1.35 bits per heavy atom. The second-order valence-electron chi connectivity index (χ2n) is 3.22. The van der Waals surface area contributed by atoms with E-state index in [9.17, 15) is 13.9 Å². The monoisotopic (exact) mass is 242 g/mol. The summed E-state index contributed by atoms with van der Waals surface area (Å²) < 4.78 is 36.3. The molecular formula is C10H8F2N2O3. The molecule has 0 aliphatic carbocycles. The summed E-state index contributed by atoms with van der Waals surface area (Å²) in [6.07, 6.45) is 0. The molecule has 2 rings (SSSR count). The molecule has 0 aliphatic heterocycles. The molecule has 0 aliphatic rings. The van der Waals surface area contributed by atoms with Gasteiger partial charge in [-0.25, -0.2) is 4.39 Å². The highest BCUT2D eigenvalue weighted by atomic mass is 19.1. The molecule has 17 heavy (non-hydrogen) atoms. The lowest BCUT2D eigenvalue weighted by atomic mass is 10.1. The molecule has 90 valence electrons. The minimum Gasteiger partial charge on any atom is -0.503 e. The largest absolute Gasteiger partial charge is 0.503 e. The van der Waals surface area contributed by atoms with Crippen LogP contribution < -0.4 is 10.5 Å². The molecule has 0 spiro atoms. The summed E-state index contributed by atoms with van der Waals surface area (Å²) in [7, 11) is 1.19. The average Bonchev–Trinajstić information content (AvgIpc) is 2.73. The summed E-state index contributed by atoms with van der Waals surface area (Å²) in [4.78, 5) is 0. The summed E-state index contributed by atoms with van der Waals surface area (Å²) in [5.74, 6) is -3.79. The van der Waals surface area contributed by atoms with E-state index < -0.39 is 17.4 Å². The zero-order valence-electron chi connectivity index (χ0n) is 8.70. The van der Waals surface area contributed by atoms with Crippen molar-refractivity contribution in [1.29, 1.82) is 0 Å². The fourth-order valence-electron chi connectivity index (χ4n) is 1.34. The van der Waals surface area contributed by atoms with Crippen LogP contribution in [0.3, 0.4) is 0 Å². The summed E-state index contributed by atoms with van der Waals surface area (Å²) in [5.41, 5.74) is 5.12. The van der Waals surface area contributed by atoms with Crippen LogP contribution in [0.4, 0.5) is 14.6 Å². The van der Waals surface area contributed by atoms with Crippen LogP contribution in [0.5, 0.6) is 11.5 Å². The first-order chi connectivity index (χ1) is 8.04. The maximum atomic E-state index is 13.6. The number of anilines is 1. The Labute approximate surface area is 94.4 Å². The molecule has 0 saturated heterocycles. The maximum absolute atomic E-state index is 13.6.